The highest BCUT2D eigenvalue weighted by Gasteiger charge is 2.29. The fraction of sp³-hybridized carbons (Fsp3) is 0.417. The van der Waals surface area contributed by atoms with Crippen LogP contribution in [0.25, 0.3) is 0 Å². The second kappa shape index (κ2) is 6.10. The molecule has 0 heterocycles. The molecule has 0 aliphatic heterocycles. The van der Waals surface area contributed by atoms with E-state index in [9.17, 15) is 18.0 Å². The quantitative estimate of drug-likeness (QED) is 0.566. The molecule has 0 aromatic heterocycles. The summed E-state index contributed by atoms with van der Waals surface area (Å²) in [5.74, 6) is -0.0181. The van der Waals surface area contributed by atoms with Crippen LogP contribution in [-0.2, 0) is 0 Å². The van der Waals surface area contributed by atoms with E-state index in [1.54, 1.807) is 0 Å². The van der Waals surface area contributed by atoms with Crippen molar-refractivity contribution in [2.24, 2.45) is 0 Å². The third kappa shape index (κ3) is 5.26. The maximum Gasteiger partial charge on any atom is 0.446 e. The molecule has 0 aliphatic rings. The maximum atomic E-state index is 12.1. The average Bonchev–Trinajstić information content (AvgIpc) is 2.24. The molecule has 17 heavy (non-hydrogen) atoms. The third-order valence-electron chi connectivity index (χ3n) is 2.17. The van der Waals surface area contributed by atoms with Crippen molar-refractivity contribution in [1.29, 1.82) is 0 Å². The van der Waals surface area contributed by atoms with Gasteiger partial charge in [-0.25, -0.2) is 0 Å². The van der Waals surface area contributed by atoms with Gasteiger partial charge in [0.15, 0.2) is 5.78 Å². The van der Waals surface area contributed by atoms with Crippen molar-refractivity contribution in [3.8, 4) is 0 Å². The van der Waals surface area contributed by atoms with Crippen molar-refractivity contribution in [2.75, 3.05) is 0 Å². The number of Topliss-reactive ketones (excluding diaryl/α,β-unsaturated/α-hetero) is 1. The molecule has 0 N–H and O–H groups in total. The number of rotatable bonds is 5. The fourth-order valence-corrected chi connectivity index (χ4v) is 1.86. The Kier molecular flexibility index (Phi) is 5.05. The number of thioether (sulfide) groups is 1. The van der Waals surface area contributed by atoms with Gasteiger partial charge in [-0.05, 0) is 30.3 Å². The van der Waals surface area contributed by atoms with Crippen molar-refractivity contribution in [1.82, 2.24) is 0 Å². The molecular formula is C12H13F3OS. The minimum atomic E-state index is -4.28. The van der Waals surface area contributed by atoms with Gasteiger partial charge >= 0.3 is 5.51 Å². The largest absolute Gasteiger partial charge is 0.446 e. The van der Waals surface area contributed by atoms with E-state index in [1.165, 1.54) is 24.3 Å². The lowest BCUT2D eigenvalue weighted by Gasteiger charge is -2.06. The number of hydrogen-bond donors (Lipinski definition) is 0. The van der Waals surface area contributed by atoms with Crippen LogP contribution in [-0.4, -0.2) is 11.3 Å². The average molecular weight is 262 g/mol. The minimum Gasteiger partial charge on any atom is -0.294 e. The first-order valence-electron chi connectivity index (χ1n) is 5.31. The van der Waals surface area contributed by atoms with E-state index >= 15 is 0 Å². The molecular weight excluding hydrogens is 249 g/mol. The highest BCUT2D eigenvalue weighted by Crippen LogP contribution is 2.36. The molecule has 0 unspecified atom stereocenters. The number of carbonyl (C=O) groups excluding carboxylic acids is 1. The lowest BCUT2D eigenvalue weighted by Crippen LogP contribution is -2.00. The summed E-state index contributed by atoms with van der Waals surface area (Å²) in [6, 6.07) is 5.56. The van der Waals surface area contributed by atoms with Crippen molar-refractivity contribution in [2.45, 2.75) is 36.6 Å². The van der Waals surface area contributed by atoms with Gasteiger partial charge in [-0.2, -0.15) is 13.2 Å². The number of halogens is 3. The monoisotopic (exact) mass is 262 g/mol. The second-order valence-corrected chi connectivity index (χ2v) is 4.74. The van der Waals surface area contributed by atoms with Gasteiger partial charge < -0.3 is 0 Å². The first kappa shape index (κ1) is 14.1. The molecule has 0 saturated heterocycles. The van der Waals surface area contributed by atoms with Crippen LogP contribution in [0.15, 0.2) is 29.2 Å². The molecule has 0 saturated carbocycles. The lowest BCUT2D eigenvalue weighted by atomic mass is 10.1. The molecule has 0 aliphatic carbocycles. The van der Waals surface area contributed by atoms with Gasteiger partial charge in [0.05, 0.1) is 0 Å². The summed E-state index contributed by atoms with van der Waals surface area (Å²) in [4.78, 5) is 11.7. The molecule has 0 radical (unpaired) electrons. The minimum absolute atomic E-state index is 0.0181. The number of ketones is 1. The van der Waals surface area contributed by atoms with Crippen molar-refractivity contribution >= 4 is 17.5 Å². The smallest absolute Gasteiger partial charge is 0.294 e. The molecule has 0 amide bonds. The Morgan fingerprint density at radius 1 is 1.24 bits per heavy atom. The molecule has 94 valence electrons. The Balaban J connectivity index is 2.64. The van der Waals surface area contributed by atoms with Crippen LogP contribution in [0.3, 0.4) is 0 Å². The fourth-order valence-electron chi connectivity index (χ4n) is 1.32. The van der Waals surface area contributed by atoms with Gasteiger partial charge in [0.1, 0.15) is 0 Å². The predicted molar refractivity (Wildman–Crippen MR) is 62.2 cm³/mol. The first-order valence-corrected chi connectivity index (χ1v) is 6.13. The van der Waals surface area contributed by atoms with Gasteiger partial charge in [0.2, 0.25) is 0 Å². The molecule has 1 aromatic carbocycles. The highest BCUT2D eigenvalue weighted by molar-refractivity contribution is 8.00. The Morgan fingerprint density at radius 2 is 1.82 bits per heavy atom. The SMILES string of the molecule is CCCCC(=O)c1ccc(SC(F)(F)F)cc1. The van der Waals surface area contributed by atoms with E-state index in [0.29, 0.717) is 12.0 Å². The summed E-state index contributed by atoms with van der Waals surface area (Å²) in [5, 5.41) is 0. The normalized spacial score (nSPS) is 11.5. The topological polar surface area (TPSA) is 17.1 Å². The zero-order valence-electron chi connectivity index (χ0n) is 9.38. The third-order valence-corrected chi connectivity index (χ3v) is 2.91. The molecule has 0 spiro atoms. The van der Waals surface area contributed by atoms with Crippen LogP contribution in [0.4, 0.5) is 13.2 Å². The predicted octanol–water partition coefficient (Wildman–Crippen LogP) is 4.67. The van der Waals surface area contributed by atoms with Crippen LogP contribution in [0.5, 0.6) is 0 Å². The van der Waals surface area contributed by atoms with E-state index < -0.39 is 5.51 Å². The zero-order chi connectivity index (χ0) is 12.9. The second-order valence-electron chi connectivity index (χ2n) is 3.60. The van der Waals surface area contributed by atoms with Crippen LogP contribution in [0.2, 0.25) is 0 Å². The molecule has 1 rings (SSSR count). The molecule has 0 bridgehead atoms. The van der Waals surface area contributed by atoms with Crippen molar-refractivity contribution in [3.05, 3.63) is 29.8 Å². The lowest BCUT2D eigenvalue weighted by molar-refractivity contribution is -0.0328. The molecule has 1 aromatic rings. The zero-order valence-corrected chi connectivity index (χ0v) is 10.2. The Labute approximate surface area is 102 Å². The number of hydrogen-bond acceptors (Lipinski definition) is 2. The van der Waals surface area contributed by atoms with Crippen molar-refractivity contribution in [3.63, 3.8) is 0 Å². The van der Waals surface area contributed by atoms with Gasteiger partial charge in [-0.3, -0.25) is 4.79 Å². The number of carbonyl (C=O) groups is 1. The van der Waals surface area contributed by atoms with Crippen molar-refractivity contribution < 1.29 is 18.0 Å². The Hall–Kier alpha value is -0.970. The summed E-state index contributed by atoms with van der Waals surface area (Å²) in [7, 11) is 0. The first-order chi connectivity index (χ1) is 7.92. The molecule has 5 heteroatoms. The van der Waals surface area contributed by atoms with E-state index in [1.807, 2.05) is 6.92 Å². The van der Waals surface area contributed by atoms with E-state index in [2.05, 4.69) is 0 Å². The Morgan fingerprint density at radius 3 is 2.29 bits per heavy atom. The summed E-state index contributed by atoms with van der Waals surface area (Å²) in [6.45, 7) is 1.98. The van der Waals surface area contributed by atoms with Crippen LogP contribution in [0, 0.1) is 0 Å². The molecule has 0 atom stereocenters. The Bertz CT molecular complexity index is 370. The standard InChI is InChI=1S/C12H13F3OS/c1-2-3-4-11(16)9-5-7-10(8-6-9)17-12(13,14)15/h5-8H,2-4H2,1H3. The molecule has 1 nitrogen and oxygen atoms in total. The van der Waals surface area contributed by atoms with Crippen LogP contribution in [0.1, 0.15) is 36.5 Å². The summed E-state index contributed by atoms with van der Waals surface area (Å²) in [6.07, 6.45) is 2.17. The van der Waals surface area contributed by atoms with Gasteiger partial charge in [0, 0.05) is 16.9 Å². The summed E-state index contributed by atoms with van der Waals surface area (Å²) in [5.41, 5.74) is -3.81. The van der Waals surface area contributed by atoms with Crippen LogP contribution < -0.4 is 0 Å². The molecule has 0 fully saturated rings. The van der Waals surface area contributed by atoms with Gasteiger partial charge in [0.25, 0.3) is 0 Å². The van der Waals surface area contributed by atoms with E-state index in [4.69, 9.17) is 0 Å². The number of unbranched alkanes of at least 4 members (excludes halogenated alkanes) is 1. The summed E-state index contributed by atoms with van der Waals surface area (Å²) < 4.78 is 36.2. The van der Waals surface area contributed by atoms with Gasteiger partial charge in [-0.1, -0.05) is 25.5 Å². The number of alkyl halides is 3. The summed E-state index contributed by atoms with van der Waals surface area (Å²) >= 11 is -0.172. The van der Waals surface area contributed by atoms with E-state index in [-0.39, 0.29) is 22.4 Å². The van der Waals surface area contributed by atoms with E-state index in [0.717, 1.165) is 12.8 Å². The van der Waals surface area contributed by atoms with Crippen LogP contribution >= 0.6 is 11.8 Å². The number of benzene rings is 1. The van der Waals surface area contributed by atoms with Gasteiger partial charge in [-0.15, -0.1) is 0 Å². The highest BCUT2D eigenvalue weighted by atomic mass is 32.2. The maximum absolute atomic E-state index is 12.1.